The highest BCUT2D eigenvalue weighted by atomic mass is 16.4. The van der Waals surface area contributed by atoms with E-state index in [2.05, 4.69) is 36.1 Å². The highest BCUT2D eigenvalue weighted by molar-refractivity contribution is 5.79. The summed E-state index contributed by atoms with van der Waals surface area (Å²) in [6.07, 6.45) is 4.96. The molecule has 1 aliphatic carbocycles. The number of hydrogen-bond acceptors (Lipinski definition) is 2. The van der Waals surface area contributed by atoms with E-state index in [4.69, 9.17) is 0 Å². The summed E-state index contributed by atoms with van der Waals surface area (Å²) in [4.78, 5) is 14.1. The summed E-state index contributed by atoms with van der Waals surface area (Å²) >= 11 is 0. The lowest BCUT2D eigenvalue weighted by atomic mass is 9.72. The number of aliphatic carboxylic acids is 1. The zero-order valence-corrected chi connectivity index (χ0v) is 12.8. The summed E-state index contributed by atoms with van der Waals surface area (Å²) in [5, 5.41) is 9.80. The SMILES string of the molecule is CCC1CCC(C(=O)O)(N2CC(c3ccccc3)C2)CC1. The molecule has 21 heavy (non-hydrogen) atoms. The van der Waals surface area contributed by atoms with Gasteiger partial charge in [0, 0.05) is 19.0 Å². The Kier molecular flexibility index (Phi) is 4.03. The van der Waals surface area contributed by atoms with Crippen molar-refractivity contribution in [3.05, 3.63) is 35.9 Å². The van der Waals surface area contributed by atoms with Gasteiger partial charge in [0.25, 0.3) is 0 Å². The van der Waals surface area contributed by atoms with E-state index in [-0.39, 0.29) is 0 Å². The Hall–Kier alpha value is -1.35. The van der Waals surface area contributed by atoms with Gasteiger partial charge in [-0.05, 0) is 37.2 Å². The van der Waals surface area contributed by atoms with Crippen molar-refractivity contribution in [1.29, 1.82) is 0 Å². The molecule has 0 bridgehead atoms. The number of carbonyl (C=O) groups is 1. The van der Waals surface area contributed by atoms with Crippen LogP contribution >= 0.6 is 0 Å². The number of nitrogens with zero attached hydrogens (tertiary/aromatic N) is 1. The molecule has 2 fully saturated rings. The largest absolute Gasteiger partial charge is 0.480 e. The second kappa shape index (κ2) is 5.80. The minimum atomic E-state index is -0.608. The molecule has 0 radical (unpaired) electrons. The van der Waals surface area contributed by atoms with Crippen molar-refractivity contribution < 1.29 is 9.90 Å². The van der Waals surface area contributed by atoms with E-state index < -0.39 is 11.5 Å². The maximum Gasteiger partial charge on any atom is 0.324 e. The van der Waals surface area contributed by atoms with Crippen LogP contribution < -0.4 is 0 Å². The first-order valence-electron chi connectivity index (χ1n) is 8.19. The van der Waals surface area contributed by atoms with E-state index in [1.165, 1.54) is 12.0 Å². The second-order valence-corrected chi connectivity index (χ2v) is 6.70. The average molecular weight is 287 g/mol. The first-order valence-corrected chi connectivity index (χ1v) is 8.19. The van der Waals surface area contributed by atoms with Gasteiger partial charge in [-0.15, -0.1) is 0 Å². The summed E-state index contributed by atoms with van der Waals surface area (Å²) in [7, 11) is 0. The lowest BCUT2D eigenvalue weighted by Crippen LogP contribution is -2.63. The molecular formula is C18H25NO2. The van der Waals surface area contributed by atoms with Crippen LogP contribution in [0.4, 0.5) is 0 Å². The molecule has 0 amide bonds. The lowest BCUT2D eigenvalue weighted by molar-refractivity contribution is -0.159. The molecule has 1 aromatic carbocycles. The Bertz CT molecular complexity index is 485. The maximum atomic E-state index is 11.9. The third-order valence-electron chi connectivity index (χ3n) is 5.67. The van der Waals surface area contributed by atoms with Crippen molar-refractivity contribution in [3.8, 4) is 0 Å². The van der Waals surface area contributed by atoms with Crippen LogP contribution in [0.2, 0.25) is 0 Å². The Labute approximate surface area is 127 Å². The first-order chi connectivity index (χ1) is 10.2. The van der Waals surface area contributed by atoms with Crippen molar-refractivity contribution in [2.45, 2.75) is 50.5 Å². The van der Waals surface area contributed by atoms with Crippen LogP contribution in [-0.4, -0.2) is 34.6 Å². The fourth-order valence-electron chi connectivity index (χ4n) is 3.99. The Balaban J connectivity index is 1.67. The summed E-state index contributed by atoms with van der Waals surface area (Å²) in [6.45, 7) is 4.01. The van der Waals surface area contributed by atoms with Crippen molar-refractivity contribution in [2.75, 3.05) is 13.1 Å². The van der Waals surface area contributed by atoms with E-state index in [9.17, 15) is 9.90 Å². The Morgan fingerprint density at radius 2 is 1.86 bits per heavy atom. The van der Waals surface area contributed by atoms with Crippen LogP contribution in [0.25, 0.3) is 0 Å². The highest BCUT2D eigenvalue weighted by Crippen LogP contribution is 2.43. The van der Waals surface area contributed by atoms with Gasteiger partial charge in [0.05, 0.1) is 0 Å². The molecule has 3 rings (SSSR count). The molecule has 0 spiro atoms. The molecule has 1 N–H and O–H groups in total. The lowest BCUT2D eigenvalue weighted by Gasteiger charge is -2.52. The monoisotopic (exact) mass is 287 g/mol. The van der Waals surface area contributed by atoms with Gasteiger partial charge in [0.1, 0.15) is 5.54 Å². The zero-order chi connectivity index (χ0) is 14.9. The molecule has 1 aliphatic heterocycles. The molecule has 1 saturated carbocycles. The van der Waals surface area contributed by atoms with Gasteiger partial charge >= 0.3 is 5.97 Å². The number of carboxylic acids is 1. The quantitative estimate of drug-likeness (QED) is 0.921. The number of likely N-dealkylation sites (tertiary alicyclic amines) is 1. The molecule has 1 heterocycles. The van der Waals surface area contributed by atoms with E-state index in [1.54, 1.807) is 0 Å². The van der Waals surface area contributed by atoms with Crippen molar-refractivity contribution in [2.24, 2.45) is 5.92 Å². The number of carboxylic acid groups (broad SMARTS) is 1. The Morgan fingerprint density at radius 3 is 2.38 bits per heavy atom. The number of benzene rings is 1. The van der Waals surface area contributed by atoms with E-state index in [0.717, 1.165) is 44.7 Å². The molecule has 1 saturated heterocycles. The zero-order valence-electron chi connectivity index (χ0n) is 12.8. The molecule has 2 aliphatic rings. The van der Waals surface area contributed by atoms with Crippen LogP contribution in [0.1, 0.15) is 50.5 Å². The summed E-state index contributed by atoms with van der Waals surface area (Å²) < 4.78 is 0. The number of rotatable bonds is 4. The van der Waals surface area contributed by atoms with Gasteiger partial charge in [-0.3, -0.25) is 9.69 Å². The molecule has 3 nitrogen and oxygen atoms in total. The van der Waals surface area contributed by atoms with Crippen molar-refractivity contribution >= 4 is 5.97 Å². The van der Waals surface area contributed by atoms with Gasteiger partial charge in [-0.2, -0.15) is 0 Å². The van der Waals surface area contributed by atoms with Gasteiger partial charge in [-0.1, -0.05) is 43.7 Å². The second-order valence-electron chi connectivity index (χ2n) is 6.70. The summed E-state index contributed by atoms with van der Waals surface area (Å²) in [5.74, 6) is 0.624. The molecule has 1 aromatic rings. The smallest absolute Gasteiger partial charge is 0.324 e. The van der Waals surface area contributed by atoms with Crippen LogP contribution in [0, 0.1) is 5.92 Å². The normalized spacial score (nSPS) is 30.8. The van der Waals surface area contributed by atoms with Crippen LogP contribution in [0.5, 0.6) is 0 Å². The fourth-order valence-corrected chi connectivity index (χ4v) is 3.99. The van der Waals surface area contributed by atoms with Gasteiger partial charge < -0.3 is 5.11 Å². The topological polar surface area (TPSA) is 40.5 Å². The van der Waals surface area contributed by atoms with Gasteiger partial charge in [-0.25, -0.2) is 0 Å². The standard InChI is InChI=1S/C18H25NO2/c1-2-14-8-10-18(11-9-14,17(20)21)19-12-16(13-19)15-6-4-3-5-7-15/h3-7,14,16H,2,8-13H2,1H3,(H,20,21). The van der Waals surface area contributed by atoms with Crippen LogP contribution in [0.15, 0.2) is 30.3 Å². The van der Waals surface area contributed by atoms with Crippen molar-refractivity contribution in [3.63, 3.8) is 0 Å². The molecular weight excluding hydrogens is 262 g/mol. The van der Waals surface area contributed by atoms with E-state index in [0.29, 0.717) is 5.92 Å². The number of hydrogen-bond donors (Lipinski definition) is 1. The summed E-state index contributed by atoms with van der Waals surface area (Å²) in [5.41, 5.74) is 0.758. The highest BCUT2D eigenvalue weighted by Gasteiger charge is 2.50. The Morgan fingerprint density at radius 1 is 1.24 bits per heavy atom. The van der Waals surface area contributed by atoms with Crippen molar-refractivity contribution in [1.82, 2.24) is 4.90 Å². The molecule has 0 atom stereocenters. The van der Waals surface area contributed by atoms with E-state index in [1.807, 2.05) is 6.07 Å². The third kappa shape index (κ3) is 2.59. The molecule has 114 valence electrons. The van der Waals surface area contributed by atoms with Crippen LogP contribution in [-0.2, 0) is 4.79 Å². The first kappa shape index (κ1) is 14.6. The van der Waals surface area contributed by atoms with Crippen LogP contribution in [0.3, 0.4) is 0 Å². The molecule has 0 aromatic heterocycles. The predicted octanol–water partition coefficient (Wildman–Crippen LogP) is 3.51. The minimum Gasteiger partial charge on any atom is -0.480 e. The molecule has 3 heteroatoms. The maximum absolute atomic E-state index is 11.9. The van der Waals surface area contributed by atoms with Gasteiger partial charge in [0.2, 0.25) is 0 Å². The molecule has 0 unspecified atom stereocenters. The fraction of sp³-hybridized carbons (Fsp3) is 0.611. The minimum absolute atomic E-state index is 0.506. The average Bonchev–Trinajstić information content (AvgIpc) is 2.47. The summed E-state index contributed by atoms with van der Waals surface area (Å²) in [6, 6.07) is 10.5. The predicted molar refractivity (Wildman–Crippen MR) is 83.4 cm³/mol. The van der Waals surface area contributed by atoms with Gasteiger partial charge in [0.15, 0.2) is 0 Å². The van der Waals surface area contributed by atoms with E-state index >= 15 is 0 Å². The third-order valence-corrected chi connectivity index (χ3v) is 5.67.